The van der Waals surface area contributed by atoms with E-state index in [0.717, 1.165) is 6.26 Å². The van der Waals surface area contributed by atoms with Gasteiger partial charge in [-0.25, -0.2) is 0 Å². The first kappa shape index (κ1) is 15.4. The molecule has 0 aromatic heterocycles. The lowest BCUT2D eigenvalue weighted by atomic mass is 10.3. The van der Waals surface area contributed by atoms with E-state index >= 15 is 0 Å². The molecule has 3 nitrogen and oxygen atoms in total. The maximum absolute atomic E-state index is 9.75. The second-order valence-electron chi connectivity index (χ2n) is 2.11. The summed E-state index contributed by atoms with van der Waals surface area (Å²) in [7, 11) is 0. The quantitative estimate of drug-likeness (QED) is 0.438. The molecule has 0 heterocycles. The Bertz CT molecular complexity index is 267. The summed E-state index contributed by atoms with van der Waals surface area (Å²) in [4.78, 5) is 9.75. The first-order valence-electron chi connectivity index (χ1n) is 4.19. The number of phenolic OH excluding ortho intramolecular Hbond substituents is 1. The Hall–Kier alpha value is -2.03. The third-order valence-electron chi connectivity index (χ3n) is 1.01. The zero-order valence-electron chi connectivity index (χ0n) is 8.85. The molecule has 1 aromatic rings. The monoisotopic (exact) mass is 208 g/mol. The highest BCUT2D eigenvalue weighted by molar-refractivity contribution is 5.66. The zero-order chi connectivity index (χ0) is 12.1. The molecule has 0 saturated carbocycles. The SMILES string of the molecule is C=C.C=COC(C)=O.Oc1ccccc1. The van der Waals surface area contributed by atoms with Crippen LogP contribution in [0.25, 0.3) is 0 Å². The van der Waals surface area contributed by atoms with Crippen LogP contribution in [0, 0.1) is 0 Å². The van der Waals surface area contributed by atoms with Gasteiger partial charge in [0.15, 0.2) is 0 Å². The molecular formula is C12H16O3. The van der Waals surface area contributed by atoms with Crippen LogP contribution >= 0.6 is 0 Å². The number of para-hydroxylation sites is 1. The number of esters is 1. The fraction of sp³-hybridized carbons (Fsp3) is 0.0833. The number of carbonyl (C=O) groups excluding carboxylic acids is 1. The van der Waals surface area contributed by atoms with Crippen molar-refractivity contribution in [1.82, 2.24) is 0 Å². The molecule has 0 saturated heterocycles. The third-order valence-corrected chi connectivity index (χ3v) is 1.01. The van der Waals surface area contributed by atoms with E-state index in [4.69, 9.17) is 5.11 Å². The molecule has 0 radical (unpaired) electrons. The van der Waals surface area contributed by atoms with E-state index in [2.05, 4.69) is 24.5 Å². The molecule has 1 aromatic carbocycles. The van der Waals surface area contributed by atoms with Crippen LogP contribution in [0.15, 0.2) is 56.3 Å². The van der Waals surface area contributed by atoms with Crippen molar-refractivity contribution in [2.24, 2.45) is 0 Å². The third kappa shape index (κ3) is 14.8. The van der Waals surface area contributed by atoms with Gasteiger partial charge < -0.3 is 9.84 Å². The van der Waals surface area contributed by atoms with Crippen molar-refractivity contribution in [3.05, 3.63) is 56.3 Å². The highest BCUT2D eigenvalue weighted by Gasteiger charge is 1.79. The minimum Gasteiger partial charge on any atom is -0.508 e. The van der Waals surface area contributed by atoms with Gasteiger partial charge in [-0.3, -0.25) is 4.79 Å². The van der Waals surface area contributed by atoms with Crippen LogP contribution in [-0.4, -0.2) is 11.1 Å². The molecule has 1 N–H and O–H groups in total. The zero-order valence-corrected chi connectivity index (χ0v) is 8.85. The average Bonchev–Trinajstić information content (AvgIpc) is 2.22. The van der Waals surface area contributed by atoms with E-state index in [1.54, 1.807) is 24.3 Å². The fourth-order valence-electron chi connectivity index (χ4n) is 0.545. The molecule has 1 rings (SSSR count). The van der Waals surface area contributed by atoms with E-state index in [1.165, 1.54) is 6.92 Å². The fourth-order valence-corrected chi connectivity index (χ4v) is 0.545. The molecule has 0 aliphatic rings. The molecule has 0 atom stereocenters. The van der Waals surface area contributed by atoms with Crippen molar-refractivity contribution in [2.45, 2.75) is 6.92 Å². The number of benzene rings is 1. The van der Waals surface area contributed by atoms with E-state index in [9.17, 15) is 4.79 Å². The lowest BCUT2D eigenvalue weighted by Gasteiger charge is -1.83. The Balaban J connectivity index is 0. The normalized spacial score (nSPS) is 7.00. The average molecular weight is 208 g/mol. The number of ether oxygens (including phenoxy) is 1. The Morgan fingerprint density at radius 3 is 1.93 bits per heavy atom. The maximum atomic E-state index is 9.75. The molecule has 0 fully saturated rings. The van der Waals surface area contributed by atoms with Gasteiger partial charge in [0.2, 0.25) is 0 Å². The van der Waals surface area contributed by atoms with E-state index in [0.29, 0.717) is 5.75 Å². The molecular weight excluding hydrogens is 192 g/mol. The van der Waals surface area contributed by atoms with Crippen molar-refractivity contribution >= 4 is 5.97 Å². The lowest BCUT2D eigenvalue weighted by Crippen LogP contribution is -1.87. The van der Waals surface area contributed by atoms with Gasteiger partial charge in [0.25, 0.3) is 0 Å². The standard InChI is InChI=1S/C6H6O.C4H6O2.C2H4/c7-6-4-2-1-3-5-6;1-3-6-4(2)5;1-2/h1-5,7H;3H,1H2,2H3;1-2H2. The summed E-state index contributed by atoms with van der Waals surface area (Å²) in [5.41, 5.74) is 0. The summed E-state index contributed by atoms with van der Waals surface area (Å²) in [6.45, 7) is 10.5. The number of rotatable bonds is 1. The van der Waals surface area contributed by atoms with Gasteiger partial charge in [0, 0.05) is 6.92 Å². The van der Waals surface area contributed by atoms with Crippen molar-refractivity contribution in [3.8, 4) is 5.75 Å². The maximum Gasteiger partial charge on any atom is 0.307 e. The van der Waals surface area contributed by atoms with E-state index < -0.39 is 0 Å². The van der Waals surface area contributed by atoms with Gasteiger partial charge >= 0.3 is 5.97 Å². The summed E-state index contributed by atoms with van der Waals surface area (Å²) in [6, 6.07) is 8.71. The molecule has 0 spiro atoms. The summed E-state index contributed by atoms with van der Waals surface area (Å²) < 4.78 is 4.17. The molecule has 0 unspecified atom stereocenters. The highest BCUT2D eigenvalue weighted by Crippen LogP contribution is 2.02. The van der Waals surface area contributed by atoms with E-state index in [1.807, 2.05) is 6.07 Å². The van der Waals surface area contributed by atoms with Gasteiger partial charge in [-0.05, 0) is 12.1 Å². The first-order valence-corrected chi connectivity index (χ1v) is 4.19. The minimum atomic E-state index is -0.329. The largest absolute Gasteiger partial charge is 0.508 e. The van der Waals surface area contributed by atoms with Gasteiger partial charge in [-0.1, -0.05) is 24.8 Å². The lowest BCUT2D eigenvalue weighted by molar-refractivity contribution is -0.135. The van der Waals surface area contributed by atoms with Crippen molar-refractivity contribution < 1.29 is 14.6 Å². The molecule has 0 aliphatic carbocycles. The van der Waals surface area contributed by atoms with E-state index in [-0.39, 0.29) is 5.97 Å². The molecule has 82 valence electrons. The Labute approximate surface area is 90.3 Å². The molecule has 3 heteroatoms. The summed E-state index contributed by atoms with van der Waals surface area (Å²) in [6.07, 6.45) is 1.10. The predicted octanol–water partition coefficient (Wildman–Crippen LogP) is 2.89. The van der Waals surface area contributed by atoms with Gasteiger partial charge in [-0.2, -0.15) is 0 Å². The molecule has 0 bridgehead atoms. The van der Waals surface area contributed by atoms with Crippen LogP contribution in [-0.2, 0) is 9.53 Å². The number of aromatic hydroxyl groups is 1. The number of carbonyl (C=O) groups is 1. The van der Waals surface area contributed by atoms with Crippen LogP contribution < -0.4 is 0 Å². The van der Waals surface area contributed by atoms with Crippen LogP contribution in [0.1, 0.15) is 6.92 Å². The second kappa shape index (κ2) is 12.0. The number of hydrogen-bond donors (Lipinski definition) is 1. The smallest absolute Gasteiger partial charge is 0.307 e. The van der Waals surface area contributed by atoms with Crippen LogP contribution in [0.2, 0.25) is 0 Å². The Morgan fingerprint density at radius 1 is 1.33 bits per heavy atom. The Kier molecular flexibility index (Phi) is 12.3. The number of phenols is 1. The minimum absolute atomic E-state index is 0.322. The summed E-state index contributed by atoms with van der Waals surface area (Å²) >= 11 is 0. The molecule has 0 amide bonds. The van der Waals surface area contributed by atoms with Crippen molar-refractivity contribution in [1.29, 1.82) is 0 Å². The summed E-state index contributed by atoms with van der Waals surface area (Å²) in [5.74, 6) is -0.00694. The van der Waals surface area contributed by atoms with Crippen LogP contribution in [0.4, 0.5) is 0 Å². The predicted molar refractivity (Wildman–Crippen MR) is 61.3 cm³/mol. The van der Waals surface area contributed by atoms with Gasteiger partial charge in [0.05, 0.1) is 6.26 Å². The first-order chi connectivity index (χ1) is 7.16. The second-order valence-corrected chi connectivity index (χ2v) is 2.11. The molecule has 15 heavy (non-hydrogen) atoms. The van der Waals surface area contributed by atoms with Crippen molar-refractivity contribution in [3.63, 3.8) is 0 Å². The summed E-state index contributed by atoms with van der Waals surface area (Å²) in [5, 5.41) is 8.63. The Morgan fingerprint density at radius 2 is 1.80 bits per heavy atom. The van der Waals surface area contributed by atoms with Crippen LogP contribution in [0.3, 0.4) is 0 Å². The van der Waals surface area contributed by atoms with Crippen molar-refractivity contribution in [2.75, 3.05) is 0 Å². The molecule has 0 aliphatic heterocycles. The van der Waals surface area contributed by atoms with Gasteiger partial charge in [0.1, 0.15) is 5.75 Å². The topological polar surface area (TPSA) is 46.5 Å². The number of hydrogen-bond acceptors (Lipinski definition) is 3. The van der Waals surface area contributed by atoms with Crippen LogP contribution in [0.5, 0.6) is 5.75 Å². The highest BCUT2D eigenvalue weighted by atomic mass is 16.5. The van der Waals surface area contributed by atoms with Gasteiger partial charge in [-0.15, -0.1) is 13.2 Å².